The van der Waals surface area contributed by atoms with Gasteiger partial charge in [-0.05, 0) is 164 Å². The van der Waals surface area contributed by atoms with Crippen LogP contribution in [0.5, 0.6) is 11.5 Å². The van der Waals surface area contributed by atoms with Crippen LogP contribution in [0.1, 0.15) is 182 Å². The van der Waals surface area contributed by atoms with Crippen LogP contribution in [0.25, 0.3) is 50.0 Å². The predicted octanol–water partition coefficient (Wildman–Crippen LogP) is 18.3. The third-order valence-electron chi connectivity index (χ3n) is 16.5. The number of aromatic nitrogens is 3. The molecule has 0 saturated heterocycles. The molecule has 2 aliphatic rings. The minimum absolute atomic E-state index is 0. The van der Waals surface area contributed by atoms with Gasteiger partial charge in [0.25, 0.3) is 0 Å². The van der Waals surface area contributed by atoms with Crippen LogP contribution in [0.4, 0.5) is 0 Å². The minimum Gasteiger partial charge on any atom is -0.503 e. The molecule has 9 rings (SSSR count). The fourth-order valence-electron chi connectivity index (χ4n) is 13.7. The molecule has 370 valence electrons. The summed E-state index contributed by atoms with van der Waals surface area (Å²) in [4.78, 5) is 10.2. The first-order valence-electron chi connectivity index (χ1n) is 25.8. The van der Waals surface area contributed by atoms with Crippen molar-refractivity contribution in [2.45, 2.75) is 178 Å². The largest absolute Gasteiger partial charge is 2.00 e. The van der Waals surface area contributed by atoms with E-state index in [9.17, 15) is 0 Å². The second kappa shape index (κ2) is 17.9. The van der Waals surface area contributed by atoms with E-state index in [1.54, 1.807) is 0 Å². The second-order valence-electron chi connectivity index (χ2n) is 26.9. The van der Waals surface area contributed by atoms with Gasteiger partial charge in [-0.1, -0.05) is 152 Å². The molecule has 7 aromatic rings. The van der Waals surface area contributed by atoms with Gasteiger partial charge in [-0.2, -0.15) is 6.07 Å². The molecule has 0 radical (unpaired) electrons. The average molecular weight is 1110 g/mol. The molecule has 0 amide bonds. The third-order valence-corrected chi connectivity index (χ3v) is 16.5. The molecule has 70 heavy (non-hydrogen) atoms. The summed E-state index contributed by atoms with van der Waals surface area (Å²) in [5.41, 5.74) is 15.3. The van der Waals surface area contributed by atoms with E-state index < -0.39 is 0 Å². The SMILES string of the molecule is Cc1cc(C2C(C)(C)CC(C)(C)CC2(C)C)ccc1-c1cc(-c2[c-]c(Oc3[c-]c4c(cc3)c3cc(C5(C)CCC(C)(C)CC5)ccc3n4-c3cc(C(C)(C)C)c(C(C)(C)C)cn3)ccc2)ncc1C.[Pt+2]. The van der Waals surface area contributed by atoms with Crippen molar-refractivity contribution in [1.29, 1.82) is 0 Å². The van der Waals surface area contributed by atoms with Crippen LogP contribution in [0.3, 0.4) is 0 Å². The standard InChI is InChI=1S/C65H79N3O.Pt/c1-41-31-44(58-63(13,14)39-62(11,12)40-64(58,15)16)21-24-48(41)50-35-54(66-37-42(50)2)43-19-18-20-46(32-43)69-47-23-25-49-51-33-45(65(17)29-27-61(9,10)28-30-65)22-26-55(51)68(56(49)34-47)57-36-52(59(3,4)5)53(38-67-57)60(6,7)8;/h18-26,31,33,35-38,58H,27-30,39-40H2,1-17H3;/q-2;+2. The van der Waals surface area contributed by atoms with E-state index in [1.807, 2.05) is 18.3 Å². The van der Waals surface area contributed by atoms with Gasteiger partial charge in [0.05, 0.1) is 0 Å². The number of hydrogen-bond donors (Lipinski definition) is 0. The van der Waals surface area contributed by atoms with Crippen LogP contribution in [0.2, 0.25) is 0 Å². The molecule has 0 aliphatic heterocycles. The van der Waals surface area contributed by atoms with Crippen LogP contribution in [-0.2, 0) is 37.3 Å². The topological polar surface area (TPSA) is 39.9 Å². The molecular formula is C65H79N3OPt. The zero-order valence-corrected chi connectivity index (χ0v) is 47.8. The second-order valence-corrected chi connectivity index (χ2v) is 26.9. The Morgan fingerprint density at radius 2 is 1.26 bits per heavy atom. The number of hydrogen-bond acceptors (Lipinski definition) is 3. The summed E-state index contributed by atoms with van der Waals surface area (Å²) < 4.78 is 9.04. The summed E-state index contributed by atoms with van der Waals surface area (Å²) in [5.74, 6) is 2.62. The number of benzene rings is 4. The molecule has 0 unspecified atom stereocenters. The van der Waals surface area contributed by atoms with Gasteiger partial charge < -0.3 is 14.3 Å². The zero-order valence-electron chi connectivity index (χ0n) is 45.5. The number of pyridine rings is 2. The maximum atomic E-state index is 6.73. The molecule has 5 heteroatoms. The molecular weight excluding hydrogens is 1030 g/mol. The Morgan fingerprint density at radius 3 is 1.90 bits per heavy atom. The fraction of sp³-hybridized carbons (Fsp3) is 0.477. The van der Waals surface area contributed by atoms with Gasteiger partial charge in [-0.15, -0.1) is 41.3 Å². The van der Waals surface area contributed by atoms with Crippen LogP contribution in [-0.4, -0.2) is 14.5 Å². The first-order valence-corrected chi connectivity index (χ1v) is 25.8. The van der Waals surface area contributed by atoms with Crippen molar-refractivity contribution in [3.63, 3.8) is 0 Å². The van der Waals surface area contributed by atoms with Crippen molar-refractivity contribution < 1.29 is 25.8 Å². The first-order chi connectivity index (χ1) is 32.0. The molecule has 0 bridgehead atoms. The summed E-state index contributed by atoms with van der Waals surface area (Å²) in [5, 5.41) is 2.37. The Labute approximate surface area is 436 Å². The summed E-state index contributed by atoms with van der Waals surface area (Å²) in [6, 6.07) is 36.7. The van der Waals surface area contributed by atoms with Crippen molar-refractivity contribution >= 4 is 21.8 Å². The Morgan fingerprint density at radius 1 is 0.600 bits per heavy atom. The van der Waals surface area contributed by atoms with Gasteiger partial charge in [-0.3, -0.25) is 0 Å². The smallest absolute Gasteiger partial charge is 0.503 e. The molecule has 2 aliphatic carbocycles. The van der Waals surface area contributed by atoms with Gasteiger partial charge in [0, 0.05) is 29.4 Å². The molecule has 0 N–H and O–H groups in total. The number of aryl methyl sites for hydroxylation is 2. The quantitative estimate of drug-likeness (QED) is 0.149. The zero-order chi connectivity index (χ0) is 49.9. The van der Waals surface area contributed by atoms with Gasteiger partial charge in [0.2, 0.25) is 0 Å². The number of nitrogens with zero attached hydrogens (tertiary/aromatic N) is 3. The van der Waals surface area contributed by atoms with Gasteiger partial charge in [-0.25, -0.2) is 4.98 Å². The maximum absolute atomic E-state index is 6.73. The van der Waals surface area contributed by atoms with Crippen LogP contribution in [0, 0.1) is 47.6 Å². The summed E-state index contributed by atoms with van der Waals surface area (Å²) in [6.45, 7) is 40.3. The van der Waals surface area contributed by atoms with E-state index in [0.29, 0.717) is 28.2 Å². The van der Waals surface area contributed by atoms with Crippen molar-refractivity contribution in [2.75, 3.05) is 0 Å². The Kier molecular flexibility index (Phi) is 13.2. The predicted molar refractivity (Wildman–Crippen MR) is 291 cm³/mol. The Balaban J connectivity index is 0.00000659. The van der Waals surface area contributed by atoms with Crippen molar-refractivity contribution in [3.8, 4) is 39.7 Å². The van der Waals surface area contributed by atoms with Crippen molar-refractivity contribution in [3.05, 3.63) is 137 Å². The first kappa shape index (κ1) is 51.8. The molecule has 4 aromatic carbocycles. The average Bonchev–Trinajstić information content (AvgIpc) is 3.56. The van der Waals surface area contributed by atoms with Crippen LogP contribution >= 0.6 is 0 Å². The van der Waals surface area contributed by atoms with Crippen molar-refractivity contribution in [2.24, 2.45) is 21.7 Å². The Hall–Kier alpha value is -4.53. The normalized spacial score (nSPS) is 18.7. The Bertz CT molecular complexity index is 3080. The molecule has 4 nitrogen and oxygen atoms in total. The fourth-order valence-corrected chi connectivity index (χ4v) is 13.7. The van der Waals surface area contributed by atoms with Crippen LogP contribution < -0.4 is 4.74 Å². The van der Waals surface area contributed by atoms with E-state index in [-0.39, 0.29) is 48.1 Å². The number of rotatable bonds is 7. The molecule has 0 spiro atoms. The molecule has 2 saturated carbocycles. The van der Waals surface area contributed by atoms with Gasteiger partial charge >= 0.3 is 21.1 Å². The summed E-state index contributed by atoms with van der Waals surface area (Å²) in [6.07, 6.45) is 11.4. The van der Waals surface area contributed by atoms with E-state index in [4.69, 9.17) is 14.7 Å². The van der Waals surface area contributed by atoms with Gasteiger partial charge in [0.15, 0.2) is 0 Å². The molecule has 3 heterocycles. The van der Waals surface area contributed by atoms with E-state index in [2.05, 4.69) is 207 Å². The summed E-state index contributed by atoms with van der Waals surface area (Å²) in [7, 11) is 0. The molecule has 3 aromatic heterocycles. The number of ether oxygens (including phenoxy) is 1. The molecule has 0 atom stereocenters. The van der Waals surface area contributed by atoms with Crippen LogP contribution in [0.15, 0.2) is 91.3 Å². The van der Waals surface area contributed by atoms with Gasteiger partial charge in [0.1, 0.15) is 5.82 Å². The van der Waals surface area contributed by atoms with E-state index in [0.717, 1.165) is 39.1 Å². The minimum atomic E-state index is -0.0772. The monoisotopic (exact) mass is 1110 g/mol. The third kappa shape index (κ3) is 9.86. The maximum Gasteiger partial charge on any atom is 2.00 e. The van der Waals surface area contributed by atoms with E-state index >= 15 is 0 Å². The summed E-state index contributed by atoms with van der Waals surface area (Å²) >= 11 is 0. The van der Waals surface area contributed by atoms with E-state index in [1.165, 1.54) is 82.9 Å². The van der Waals surface area contributed by atoms with Crippen molar-refractivity contribution in [1.82, 2.24) is 14.5 Å². The molecule has 2 fully saturated rings. The number of fused-ring (bicyclic) bond motifs is 3.